The third-order valence-electron chi connectivity index (χ3n) is 4.92. The minimum absolute atomic E-state index is 0.149. The normalized spacial score (nSPS) is 14.0. The molecule has 0 unspecified atom stereocenters. The number of nitrogen functional groups attached to an aromatic ring is 1. The minimum atomic E-state index is 0.149. The van der Waals surface area contributed by atoms with Crippen LogP contribution in [0.2, 0.25) is 0 Å². The first kappa shape index (κ1) is 23.1. The fourth-order valence-electron chi connectivity index (χ4n) is 3.47. The molecule has 0 saturated carbocycles. The zero-order valence-corrected chi connectivity index (χ0v) is 19.9. The summed E-state index contributed by atoms with van der Waals surface area (Å²) >= 11 is 1.53. The van der Waals surface area contributed by atoms with Crippen LogP contribution in [0.3, 0.4) is 0 Å². The average Bonchev–Trinajstić information content (AvgIpc) is 3.20. The zero-order chi connectivity index (χ0) is 23.2. The number of nitrogens with one attached hydrogen (secondary N) is 1. The Labute approximate surface area is 197 Å². The number of nitrogens with two attached hydrogens (primary N) is 1. The number of para-hydroxylation sites is 2. The number of rotatable bonds is 9. The Morgan fingerprint density at radius 2 is 1.94 bits per heavy atom. The van der Waals surface area contributed by atoms with E-state index in [1.807, 2.05) is 24.3 Å². The Hall–Kier alpha value is -3.12. The molecular weight excluding hydrogens is 442 g/mol. The van der Waals surface area contributed by atoms with E-state index in [0.29, 0.717) is 42.4 Å². The average molecular weight is 472 g/mol. The Morgan fingerprint density at radius 1 is 1.15 bits per heavy atom. The summed E-state index contributed by atoms with van der Waals surface area (Å²) in [5.74, 6) is 3.55. The van der Waals surface area contributed by atoms with E-state index in [4.69, 9.17) is 15.2 Å². The van der Waals surface area contributed by atoms with Gasteiger partial charge < -0.3 is 25.4 Å². The van der Waals surface area contributed by atoms with Gasteiger partial charge in [0, 0.05) is 19.6 Å². The number of hydrogen-bond acceptors (Lipinski definition) is 11. The summed E-state index contributed by atoms with van der Waals surface area (Å²) in [6, 6.07) is 7.54. The molecule has 2 aromatic heterocycles. The molecular formula is C21H29N9O2S. The van der Waals surface area contributed by atoms with Crippen molar-refractivity contribution < 1.29 is 9.47 Å². The Balaban J connectivity index is 1.51. The number of morpholine rings is 1. The summed E-state index contributed by atoms with van der Waals surface area (Å²) < 4.78 is 13.0. The maximum absolute atomic E-state index is 5.96. The molecule has 3 heterocycles. The number of hydrogen-bond donors (Lipinski definition) is 2. The molecule has 33 heavy (non-hydrogen) atoms. The van der Waals surface area contributed by atoms with Gasteiger partial charge in [0.05, 0.1) is 31.8 Å². The van der Waals surface area contributed by atoms with E-state index >= 15 is 0 Å². The molecule has 0 bridgehead atoms. The van der Waals surface area contributed by atoms with Crippen LogP contribution in [0.25, 0.3) is 0 Å². The number of benzene rings is 1. The lowest BCUT2D eigenvalue weighted by Gasteiger charge is -2.28. The van der Waals surface area contributed by atoms with Crippen molar-refractivity contribution >= 4 is 35.3 Å². The van der Waals surface area contributed by atoms with Crippen LogP contribution in [-0.4, -0.2) is 63.1 Å². The van der Waals surface area contributed by atoms with Crippen LogP contribution in [0.1, 0.15) is 19.7 Å². The van der Waals surface area contributed by atoms with E-state index in [1.165, 1.54) is 11.8 Å². The molecule has 11 nitrogen and oxygen atoms in total. The van der Waals surface area contributed by atoms with Crippen LogP contribution in [-0.2, 0) is 17.0 Å². The molecule has 0 spiro atoms. The van der Waals surface area contributed by atoms with Crippen molar-refractivity contribution in [2.75, 3.05) is 49.4 Å². The highest BCUT2D eigenvalue weighted by atomic mass is 32.2. The summed E-state index contributed by atoms with van der Waals surface area (Å²) in [6.45, 7) is 8.19. The summed E-state index contributed by atoms with van der Waals surface area (Å²) in [5, 5.41) is 12.9. The molecule has 4 rings (SSSR count). The van der Waals surface area contributed by atoms with Crippen LogP contribution in [0, 0.1) is 5.92 Å². The Kier molecular flexibility index (Phi) is 7.45. The number of aromatic nitrogens is 6. The maximum Gasteiger partial charge on any atom is 0.232 e. The second kappa shape index (κ2) is 10.7. The van der Waals surface area contributed by atoms with Crippen molar-refractivity contribution in [2.45, 2.75) is 31.3 Å². The lowest BCUT2D eigenvalue weighted by atomic mass is 10.2. The van der Waals surface area contributed by atoms with E-state index in [1.54, 1.807) is 7.11 Å². The van der Waals surface area contributed by atoms with Crippen LogP contribution in [0.5, 0.6) is 5.75 Å². The van der Waals surface area contributed by atoms with E-state index in [2.05, 4.69) is 53.8 Å². The van der Waals surface area contributed by atoms with Crippen LogP contribution >= 0.6 is 11.8 Å². The third-order valence-corrected chi connectivity index (χ3v) is 5.88. The zero-order valence-electron chi connectivity index (χ0n) is 19.1. The van der Waals surface area contributed by atoms with E-state index in [0.717, 1.165) is 36.4 Å². The van der Waals surface area contributed by atoms with Crippen molar-refractivity contribution in [3.05, 3.63) is 30.1 Å². The lowest BCUT2D eigenvalue weighted by Crippen LogP contribution is -2.38. The molecule has 0 amide bonds. The van der Waals surface area contributed by atoms with Gasteiger partial charge in [0.15, 0.2) is 5.16 Å². The molecule has 0 radical (unpaired) electrons. The first-order chi connectivity index (χ1) is 16.0. The predicted molar refractivity (Wildman–Crippen MR) is 128 cm³/mol. The molecule has 1 aliphatic heterocycles. The lowest BCUT2D eigenvalue weighted by molar-refractivity contribution is 0.121. The largest absolute Gasteiger partial charge is 0.495 e. The summed E-state index contributed by atoms with van der Waals surface area (Å²) in [4.78, 5) is 15.3. The van der Waals surface area contributed by atoms with Crippen LogP contribution in [0.4, 0.5) is 23.5 Å². The van der Waals surface area contributed by atoms with Gasteiger partial charge in [-0.3, -0.25) is 4.57 Å². The van der Waals surface area contributed by atoms with Gasteiger partial charge in [0.1, 0.15) is 11.6 Å². The molecule has 12 heteroatoms. The molecule has 0 aliphatic carbocycles. The smallest absolute Gasteiger partial charge is 0.232 e. The van der Waals surface area contributed by atoms with Crippen molar-refractivity contribution in [3.8, 4) is 5.75 Å². The quantitative estimate of drug-likeness (QED) is 0.447. The summed E-state index contributed by atoms with van der Waals surface area (Å²) in [5.41, 5.74) is 6.70. The molecule has 176 valence electrons. The van der Waals surface area contributed by atoms with Gasteiger partial charge in [-0.05, 0) is 18.1 Å². The highest BCUT2D eigenvalue weighted by molar-refractivity contribution is 7.98. The van der Waals surface area contributed by atoms with Crippen LogP contribution < -0.4 is 20.7 Å². The fraction of sp³-hybridized carbons (Fsp3) is 0.476. The monoisotopic (exact) mass is 471 g/mol. The number of thioether (sulfide) groups is 1. The number of ether oxygens (including phenoxy) is 2. The van der Waals surface area contributed by atoms with Crippen molar-refractivity contribution in [1.82, 2.24) is 29.7 Å². The van der Waals surface area contributed by atoms with Gasteiger partial charge >= 0.3 is 0 Å². The van der Waals surface area contributed by atoms with Gasteiger partial charge in [0.25, 0.3) is 0 Å². The fourth-order valence-corrected chi connectivity index (χ4v) is 4.26. The maximum atomic E-state index is 5.96. The first-order valence-electron chi connectivity index (χ1n) is 10.8. The van der Waals surface area contributed by atoms with E-state index in [9.17, 15) is 0 Å². The summed E-state index contributed by atoms with van der Waals surface area (Å²) in [7, 11) is 1.61. The highest BCUT2D eigenvalue weighted by Gasteiger charge is 2.21. The number of nitrogens with zero attached hydrogens (tertiary/aromatic N) is 7. The number of methoxy groups -OCH3 is 1. The molecule has 1 saturated heterocycles. The van der Waals surface area contributed by atoms with Crippen molar-refractivity contribution in [1.29, 1.82) is 0 Å². The third kappa shape index (κ3) is 5.82. The Morgan fingerprint density at radius 3 is 2.70 bits per heavy atom. The molecule has 1 aromatic carbocycles. The van der Waals surface area contributed by atoms with Gasteiger partial charge in [-0.25, -0.2) is 0 Å². The van der Waals surface area contributed by atoms with Gasteiger partial charge in [-0.15, -0.1) is 10.2 Å². The van der Waals surface area contributed by atoms with E-state index < -0.39 is 0 Å². The predicted octanol–water partition coefficient (Wildman–Crippen LogP) is 2.58. The molecule has 3 aromatic rings. The number of anilines is 4. The molecule has 0 atom stereocenters. The minimum Gasteiger partial charge on any atom is -0.495 e. The summed E-state index contributed by atoms with van der Waals surface area (Å²) in [6.07, 6.45) is 0. The Bertz CT molecular complexity index is 1070. The molecule has 1 fully saturated rings. The first-order valence-corrected chi connectivity index (χ1v) is 11.8. The molecule has 3 N–H and O–H groups in total. The highest BCUT2D eigenvalue weighted by Crippen LogP contribution is 2.28. The topological polar surface area (TPSA) is 129 Å². The van der Waals surface area contributed by atoms with Gasteiger partial charge in [0.2, 0.25) is 17.8 Å². The van der Waals surface area contributed by atoms with Crippen molar-refractivity contribution in [3.63, 3.8) is 0 Å². The van der Waals surface area contributed by atoms with E-state index in [-0.39, 0.29) is 5.95 Å². The van der Waals surface area contributed by atoms with Crippen molar-refractivity contribution in [2.24, 2.45) is 5.92 Å². The second-order valence-electron chi connectivity index (χ2n) is 7.93. The van der Waals surface area contributed by atoms with Gasteiger partial charge in [-0.2, -0.15) is 15.0 Å². The standard InChI is InChI=1S/C21H29N9O2S/c1-14(2)12-30-20(29-8-10-32-11-9-29)27-28-21(30)33-13-17-24-18(22)26-19(25-17)23-15-6-4-5-7-16(15)31-3/h4-7,14H,8-13H2,1-3H3,(H3,22,23,24,25,26). The second-order valence-corrected chi connectivity index (χ2v) is 8.88. The molecule has 1 aliphatic rings. The van der Waals surface area contributed by atoms with Crippen LogP contribution in [0.15, 0.2) is 29.4 Å². The SMILES string of the molecule is COc1ccccc1Nc1nc(N)nc(CSc2nnc(N3CCOCC3)n2CC(C)C)n1. The van der Waals surface area contributed by atoms with Gasteiger partial charge in [-0.1, -0.05) is 37.7 Å².